The van der Waals surface area contributed by atoms with Crippen molar-refractivity contribution in [3.8, 4) is 0 Å². The number of aliphatic hydroxyl groups is 7. The number of carbonyl (C=O) groups excluding carboxylic acids is 1. The van der Waals surface area contributed by atoms with Gasteiger partial charge in [-0.1, -0.05) is 147 Å². The Morgan fingerprint density at radius 1 is 0.618 bits per heavy atom. The van der Waals surface area contributed by atoms with E-state index in [0.29, 0.717) is 19.3 Å². The second-order valence-corrected chi connectivity index (χ2v) is 15.4. The molecule has 0 aromatic rings. The molecule has 1 aliphatic heterocycles. The Morgan fingerprint density at radius 3 is 1.62 bits per heavy atom. The molecule has 1 heterocycles. The van der Waals surface area contributed by atoms with Crippen LogP contribution in [0.1, 0.15) is 168 Å². The summed E-state index contributed by atoms with van der Waals surface area (Å²) in [5.41, 5.74) is 0. The van der Waals surface area contributed by atoms with E-state index < -0.39 is 74.2 Å². The molecule has 0 aromatic heterocycles. The molecule has 0 aliphatic carbocycles. The Morgan fingerprint density at radius 2 is 1.11 bits per heavy atom. The normalized spacial score (nSPS) is 22.8. The van der Waals surface area contributed by atoms with Gasteiger partial charge in [-0.2, -0.15) is 0 Å². The summed E-state index contributed by atoms with van der Waals surface area (Å²) >= 11 is 0. The smallest absolute Gasteiger partial charge is 0.249 e. The van der Waals surface area contributed by atoms with E-state index in [2.05, 4.69) is 55.6 Å². The highest BCUT2D eigenvalue weighted by Gasteiger charge is 2.44. The van der Waals surface area contributed by atoms with Gasteiger partial charge >= 0.3 is 0 Å². The molecular weight excluding hydrogens is 702 g/mol. The van der Waals surface area contributed by atoms with Gasteiger partial charge in [0.1, 0.15) is 36.6 Å². The maximum Gasteiger partial charge on any atom is 0.249 e. The average Bonchev–Trinajstić information content (AvgIpc) is 3.18. The zero-order chi connectivity index (χ0) is 40.5. The highest BCUT2D eigenvalue weighted by atomic mass is 16.7. The number of aliphatic hydroxyl groups excluding tert-OH is 7. The SMILES string of the molecule is CCC/C=C/CC/C=C/CC/C=C/CCCC(O)C(O)C(COC1OC(CO)C(O)C(O)C1O)NC(=O)C(O)CCCCCCCCCCCCCCCC. The van der Waals surface area contributed by atoms with Crippen LogP contribution in [0.15, 0.2) is 36.5 Å². The predicted molar refractivity (Wildman–Crippen MR) is 219 cm³/mol. The summed E-state index contributed by atoms with van der Waals surface area (Å²) in [6.07, 6.45) is 26.2. The van der Waals surface area contributed by atoms with Crippen molar-refractivity contribution in [1.82, 2.24) is 5.32 Å². The van der Waals surface area contributed by atoms with E-state index in [-0.39, 0.29) is 12.8 Å². The number of carbonyl (C=O) groups is 1. The van der Waals surface area contributed by atoms with Crippen LogP contribution >= 0.6 is 0 Å². The largest absolute Gasteiger partial charge is 0.394 e. The second kappa shape index (κ2) is 34.4. The fourth-order valence-electron chi connectivity index (χ4n) is 6.71. The summed E-state index contributed by atoms with van der Waals surface area (Å²) in [6.45, 7) is 3.33. The first-order valence-corrected chi connectivity index (χ1v) is 21.9. The number of unbranched alkanes of at least 4 members (excludes halogenated alkanes) is 17. The minimum absolute atomic E-state index is 0.241. The van der Waals surface area contributed by atoms with Crippen molar-refractivity contribution in [2.45, 2.75) is 223 Å². The van der Waals surface area contributed by atoms with Crippen LogP contribution in [-0.2, 0) is 14.3 Å². The first-order valence-electron chi connectivity index (χ1n) is 21.9. The summed E-state index contributed by atoms with van der Waals surface area (Å²) in [4.78, 5) is 13.0. The Kier molecular flexibility index (Phi) is 32.1. The minimum atomic E-state index is -1.67. The summed E-state index contributed by atoms with van der Waals surface area (Å²) < 4.78 is 11.0. The van der Waals surface area contributed by atoms with Crippen molar-refractivity contribution >= 4 is 5.91 Å². The van der Waals surface area contributed by atoms with Crippen molar-refractivity contribution in [3.63, 3.8) is 0 Å². The third-order valence-electron chi connectivity index (χ3n) is 10.4. The Hall–Kier alpha value is -1.67. The molecule has 0 spiro atoms. The summed E-state index contributed by atoms with van der Waals surface area (Å²) in [5.74, 6) is -0.715. The van der Waals surface area contributed by atoms with E-state index >= 15 is 0 Å². The topological polar surface area (TPSA) is 189 Å². The molecule has 8 N–H and O–H groups in total. The molecule has 1 rings (SSSR count). The van der Waals surface area contributed by atoms with E-state index in [1.807, 2.05) is 0 Å². The number of rotatable bonds is 35. The van der Waals surface area contributed by atoms with Gasteiger partial charge in [0.05, 0.1) is 25.4 Å². The number of ether oxygens (including phenoxy) is 2. The average molecular weight is 784 g/mol. The standard InChI is InChI=1S/C44H81NO10/c1-3-5-7-9-11-13-15-17-19-21-23-25-27-29-31-36(47)39(49)35(34-54-44-42(52)41(51)40(50)38(33-46)55-44)45-43(53)37(48)32-30-28-26-24-22-20-18-16-14-12-10-8-6-4-2/h7,9,15,17,23,25,35-42,44,46-52H,3-6,8,10-14,16,18-22,24,26-34H2,1-2H3,(H,45,53)/b9-7+,17-15+,25-23+. The van der Waals surface area contributed by atoms with E-state index in [1.54, 1.807) is 0 Å². The lowest BCUT2D eigenvalue weighted by Gasteiger charge is -2.40. The lowest BCUT2D eigenvalue weighted by atomic mass is 9.98. The first-order chi connectivity index (χ1) is 26.7. The minimum Gasteiger partial charge on any atom is -0.394 e. The zero-order valence-corrected chi connectivity index (χ0v) is 34.4. The van der Waals surface area contributed by atoms with Crippen LogP contribution in [-0.4, -0.2) is 110 Å². The van der Waals surface area contributed by atoms with Gasteiger partial charge in [-0.15, -0.1) is 0 Å². The molecule has 9 unspecified atom stereocenters. The maximum atomic E-state index is 13.0. The Balaban J connectivity index is 2.53. The van der Waals surface area contributed by atoms with E-state index in [0.717, 1.165) is 51.4 Å². The van der Waals surface area contributed by atoms with Crippen LogP contribution in [0.4, 0.5) is 0 Å². The fraction of sp³-hybridized carbons (Fsp3) is 0.841. The summed E-state index contributed by atoms with van der Waals surface area (Å²) in [5, 5.41) is 75.4. The van der Waals surface area contributed by atoms with Crippen molar-refractivity contribution < 1.29 is 50.0 Å². The van der Waals surface area contributed by atoms with Crippen LogP contribution in [0.3, 0.4) is 0 Å². The van der Waals surface area contributed by atoms with E-state index in [4.69, 9.17) is 9.47 Å². The molecule has 1 aliphatic rings. The highest BCUT2D eigenvalue weighted by Crippen LogP contribution is 2.23. The van der Waals surface area contributed by atoms with Gasteiger partial charge in [0.2, 0.25) is 5.91 Å². The van der Waals surface area contributed by atoms with Crippen LogP contribution in [0.2, 0.25) is 0 Å². The van der Waals surface area contributed by atoms with Crippen LogP contribution in [0, 0.1) is 0 Å². The third-order valence-corrected chi connectivity index (χ3v) is 10.4. The van der Waals surface area contributed by atoms with Crippen molar-refractivity contribution in [3.05, 3.63) is 36.5 Å². The van der Waals surface area contributed by atoms with Gasteiger partial charge in [-0.25, -0.2) is 0 Å². The third kappa shape index (κ3) is 24.7. The Bertz CT molecular complexity index is 992. The summed E-state index contributed by atoms with van der Waals surface area (Å²) in [7, 11) is 0. The lowest BCUT2D eigenvalue weighted by Crippen LogP contribution is -2.60. The molecule has 55 heavy (non-hydrogen) atoms. The zero-order valence-electron chi connectivity index (χ0n) is 34.4. The molecule has 322 valence electrons. The molecule has 1 saturated heterocycles. The molecule has 0 aromatic carbocycles. The summed E-state index contributed by atoms with van der Waals surface area (Å²) in [6, 6.07) is -1.19. The number of allylic oxidation sites excluding steroid dienone is 6. The van der Waals surface area contributed by atoms with Gasteiger partial charge in [0, 0.05) is 0 Å². The number of nitrogens with one attached hydrogen (secondary N) is 1. The van der Waals surface area contributed by atoms with Crippen LogP contribution in [0.5, 0.6) is 0 Å². The van der Waals surface area contributed by atoms with E-state index in [9.17, 15) is 40.5 Å². The predicted octanol–water partition coefficient (Wildman–Crippen LogP) is 6.44. The van der Waals surface area contributed by atoms with Gasteiger partial charge in [0.15, 0.2) is 6.29 Å². The van der Waals surface area contributed by atoms with Gasteiger partial charge < -0.3 is 50.5 Å². The highest BCUT2D eigenvalue weighted by molar-refractivity contribution is 5.80. The number of amides is 1. The number of hydrogen-bond donors (Lipinski definition) is 8. The maximum absolute atomic E-state index is 13.0. The molecule has 0 bridgehead atoms. The van der Waals surface area contributed by atoms with Crippen molar-refractivity contribution in [1.29, 1.82) is 0 Å². The van der Waals surface area contributed by atoms with Gasteiger partial charge in [0.25, 0.3) is 0 Å². The number of hydrogen-bond acceptors (Lipinski definition) is 10. The second-order valence-electron chi connectivity index (χ2n) is 15.4. The molecule has 11 nitrogen and oxygen atoms in total. The molecule has 11 heteroatoms. The van der Waals surface area contributed by atoms with Crippen LogP contribution < -0.4 is 5.32 Å². The van der Waals surface area contributed by atoms with Crippen molar-refractivity contribution in [2.24, 2.45) is 0 Å². The molecular formula is C44H81NO10. The quantitative estimate of drug-likeness (QED) is 0.0262. The molecule has 9 atom stereocenters. The fourth-order valence-corrected chi connectivity index (χ4v) is 6.71. The van der Waals surface area contributed by atoms with Gasteiger partial charge in [-0.3, -0.25) is 4.79 Å². The van der Waals surface area contributed by atoms with Gasteiger partial charge in [-0.05, 0) is 57.8 Å². The first kappa shape index (κ1) is 51.3. The Labute approximate surface area is 333 Å². The van der Waals surface area contributed by atoms with Crippen molar-refractivity contribution in [2.75, 3.05) is 13.2 Å². The monoisotopic (exact) mass is 784 g/mol. The lowest BCUT2D eigenvalue weighted by molar-refractivity contribution is -0.303. The van der Waals surface area contributed by atoms with E-state index in [1.165, 1.54) is 70.6 Å². The molecule has 0 radical (unpaired) electrons. The van der Waals surface area contributed by atoms with Crippen LogP contribution in [0.25, 0.3) is 0 Å². The molecule has 1 amide bonds. The molecule has 0 saturated carbocycles. The molecule has 1 fully saturated rings.